The van der Waals surface area contributed by atoms with Crippen molar-refractivity contribution in [3.8, 4) is 0 Å². The summed E-state index contributed by atoms with van der Waals surface area (Å²) in [4.78, 5) is 25.2. The van der Waals surface area contributed by atoms with Crippen LogP contribution in [0.25, 0.3) is 0 Å². The number of amides is 1. The molecular weight excluding hydrogens is 1190 g/mol. The Morgan fingerprint density at radius 3 is 1.00 bits per heavy atom. The van der Waals surface area contributed by atoms with Gasteiger partial charge in [-0.15, -0.1) is 0 Å². The Morgan fingerprint density at radius 1 is 0.375 bits per heavy atom. The highest BCUT2D eigenvalue weighted by molar-refractivity contribution is 5.76. The predicted molar refractivity (Wildman–Crippen MR) is 408 cm³/mol. The molecule has 6 N–H and O–H groups in total. The first-order chi connectivity index (χ1) is 47.2. The molecule has 96 heavy (non-hydrogen) atoms. The number of esters is 1. The van der Waals surface area contributed by atoms with Crippen LogP contribution in [-0.4, -0.2) is 100 Å². The molecule has 1 fully saturated rings. The molecular formula is C85H163NO10. The van der Waals surface area contributed by atoms with Gasteiger partial charge >= 0.3 is 5.97 Å². The molecule has 1 saturated heterocycles. The highest BCUT2D eigenvalue weighted by Gasteiger charge is 2.44. The van der Waals surface area contributed by atoms with Gasteiger partial charge in [-0.05, 0) is 57.8 Å². The first-order valence-electron chi connectivity index (χ1n) is 42.6. The average Bonchev–Trinajstić information content (AvgIpc) is 0.836. The summed E-state index contributed by atoms with van der Waals surface area (Å²) in [6.07, 6.45) is 86.8. The number of nitrogens with one attached hydrogen (secondary N) is 1. The van der Waals surface area contributed by atoms with Crippen LogP contribution in [0.1, 0.15) is 444 Å². The van der Waals surface area contributed by atoms with Crippen LogP contribution in [0.5, 0.6) is 0 Å². The van der Waals surface area contributed by atoms with E-state index in [0.717, 1.165) is 51.4 Å². The number of rotatable bonds is 77. The van der Waals surface area contributed by atoms with Crippen molar-refractivity contribution in [3.05, 3.63) is 24.3 Å². The molecule has 0 aromatic heterocycles. The third kappa shape index (κ3) is 62.0. The van der Waals surface area contributed by atoms with Gasteiger partial charge in [0.15, 0.2) is 6.29 Å². The molecule has 0 saturated carbocycles. The number of aliphatic hydroxyl groups excluding tert-OH is 5. The summed E-state index contributed by atoms with van der Waals surface area (Å²) < 4.78 is 16.8. The minimum absolute atomic E-state index is 0.0190. The Morgan fingerprint density at radius 2 is 0.667 bits per heavy atom. The Hall–Kier alpha value is -1.86. The molecule has 1 heterocycles. The smallest absolute Gasteiger partial charge is 0.305 e. The molecule has 7 unspecified atom stereocenters. The predicted octanol–water partition coefficient (Wildman–Crippen LogP) is 23.5. The highest BCUT2D eigenvalue weighted by Crippen LogP contribution is 2.24. The molecule has 0 aromatic carbocycles. The third-order valence-corrected chi connectivity index (χ3v) is 20.6. The quantitative estimate of drug-likeness (QED) is 0.0195. The number of allylic oxidation sites excluding steroid dienone is 3. The lowest BCUT2D eigenvalue weighted by Gasteiger charge is -2.40. The van der Waals surface area contributed by atoms with E-state index in [4.69, 9.17) is 14.2 Å². The maximum Gasteiger partial charge on any atom is 0.305 e. The second-order valence-corrected chi connectivity index (χ2v) is 29.9. The van der Waals surface area contributed by atoms with Crippen molar-refractivity contribution in [3.63, 3.8) is 0 Å². The molecule has 11 heteroatoms. The van der Waals surface area contributed by atoms with Crippen LogP contribution in [0.3, 0.4) is 0 Å². The number of aliphatic hydroxyl groups is 5. The standard InChI is InChI=1S/C85H163NO10/c1-3-5-7-9-11-13-15-16-17-18-40-44-47-50-53-57-61-65-69-73-81(90)94-74-70-66-62-58-54-51-48-45-42-39-37-35-33-31-29-27-25-23-21-19-20-22-24-26-28-30-32-34-36-38-41-43-46-49-52-56-60-64-68-72-80(89)86-77(76-95-85-84(93)83(92)82(91)79(75-87)96-85)78(88)71-67-63-59-55-14-12-10-8-6-4-2/h16-17,67,71,77-79,82-85,87-88,91-93H,3-15,18-66,68-70,72-76H2,1-2H3,(H,86,89)/b17-16-,71-67+. The minimum Gasteiger partial charge on any atom is -0.466 e. The summed E-state index contributed by atoms with van der Waals surface area (Å²) >= 11 is 0. The van der Waals surface area contributed by atoms with Crippen LogP contribution in [-0.2, 0) is 23.8 Å². The van der Waals surface area contributed by atoms with E-state index in [1.54, 1.807) is 6.08 Å². The van der Waals surface area contributed by atoms with E-state index in [1.165, 1.54) is 366 Å². The van der Waals surface area contributed by atoms with E-state index in [2.05, 4.69) is 31.3 Å². The molecule has 7 atom stereocenters. The van der Waals surface area contributed by atoms with E-state index in [9.17, 15) is 35.1 Å². The van der Waals surface area contributed by atoms with Gasteiger partial charge in [0.25, 0.3) is 0 Å². The minimum atomic E-state index is -1.57. The van der Waals surface area contributed by atoms with Gasteiger partial charge in [0.05, 0.1) is 32.0 Å². The molecule has 0 aliphatic carbocycles. The Kier molecular flexibility index (Phi) is 71.4. The summed E-state index contributed by atoms with van der Waals surface area (Å²) in [6, 6.07) is -0.804. The van der Waals surface area contributed by atoms with Gasteiger partial charge in [0, 0.05) is 12.8 Å². The zero-order valence-corrected chi connectivity index (χ0v) is 63.6. The molecule has 1 amide bonds. The largest absolute Gasteiger partial charge is 0.466 e. The van der Waals surface area contributed by atoms with Gasteiger partial charge in [-0.3, -0.25) is 9.59 Å². The zero-order chi connectivity index (χ0) is 69.4. The molecule has 0 aromatic rings. The van der Waals surface area contributed by atoms with Gasteiger partial charge in [0.2, 0.25) is 5.91 Å². The van der Waals surface area contributed by atoms with Crippen molar-refractivity contribution in [1.29, 1.82) is 0 Å². The van der Waals surface area contributed by atoms with Crippen LogP contribution in [0.15, 0.2) is 24.3 Å². The molecule has 1 aliphatic rings. The molecule has 1 rings (SSSR count). The van der Waals surface area contributed by atoms with Gasteiger partial charge in [-0.25, -0.2) is 0 Å². The third-order valence-electron chi connectivity index (χ3n) is 20.6. The fourth-order valence-corrected chi connectivity index (χ4v) is 13.9. The van der Waals surface area contributed by atoms with Crippen molar-refractivity contribution < 1.29 is 49.3 Å². The molecule has 0 bridgehead atoms. The fourth-order valence-electron chi connectivity index (χ4n) is 13.9. The lowest BCUT2D eigenvalue weighted by atomic mass is 9.99. The van der Waals surface area contributed by atoms with E-state index in [-0.39, 0.29) is 18.5 Å². The van der Waals surface area contributed by atoms with Crippen molar-refractivity contribution in [1.82, 2.24) is 5.32 Å². The van der Waals surface area contributed by atoms with Crippen LogP contribution >= 0.6 is 0 Å². The molecule has 568 valence electrons. The lowest BCUT2D eigenvalue weighted by molar-refractivity contribution is -0.302. The number of unbranched alkanes of at least 4 members (excludes halogenated alkanes) is 61. The lowest BCUT2D eigenvalue weighted by Crippen LogP contribution is -2.60. The SMILES string of the molecule is CCCCCCCC/C=C\CCCCCCCCCCCC(=O)OCCCCCCCCCCCCCCCCCCCCCCCCCCCCCCCCCCCCCCCCCC(=O)NC(COC1OC(CO)C(O)C(O)C1O)C(O)/C=C/CCCCCCCCCC. The fraction of sp³-hybridized carbons (Fsp3) is 0.929. The molecule has 0 spiro atoms. The Labute approximate surface area is 594 Å². The van der Waals surface area contributed by atoms with E-state index >= 15 is 0 Å². The normalized spacial score (nSPS) is 17.3. The second-order valence-electron chi connectivity index (χ2n) is 29.9. The number of hydrogen-bond acceptors (Lipinski definition) is 10. The molecule has 1 aliphatic heterocycles. The number of carbonyl (C=O) groups excluding carboxylic acids is 2. The van der Waals surface area contributed by atoms with Crippen molar-refractivity contribution in [2.75, 3.05) is 19.8 Å². The maximum atomic E-state index is 13.1. The van der Waals surface area contributed by atoms with Crippen LogP contribution in [0.2, 0.25) is 0 Å². The molecule has 0 radical (unpaired) electrons. The first kappa shape index (κ1) is 92.2. The van der Waals surface area contributed by atoms with Crippen molar-refractivity contribution in [2.24, 2.45) is 0 Å². The first-order valence-corrected chi connectivity index (χ1v) is 42.6. The summed E-state index contributed by atoms with van der Waals surface area (Å²) in [5.74, 6) is -0.155. The van der Waals surface area contributed by atoms with Crippen LogP contribution < -0.4 is 5.32 Å². The number of ether oxygens (including phenoxy) is 3. The van der Waals surface area contributed by atoms with Crippen LogP contribution in [0.4, 0.5) is 0 Å². The topological polar surface area (TPSA) is 175 Å². The zero-order valence-electron chi connectivity index (χ0n) is 63.6. The number of carbonyl (C=O) groups is 2. The Bertz CT molecular complexity index is 1640. The van der Waals surface area contributed by atoms with Gasteiger partial charge < -0.3 is 45.1 Å². The van der Waals surface area contributed by atoms with Gasteiger partial charge in [0.1, 0.15) is 24.4 Å². The summed E-state index contributed by atoms with van der Waals surface area (Å²) in [6.45, 7) is 4.38. The van der Waals surface area contributed by atoms with Crippen molar-refractivity contribution in [2.45, 2.75) is 487 Å². The monoisotopic (exact) mass is 1360 g/mol. The average molecular weight is 1360 g/mol. The highest BCUT2D eigenvalue weighted by atomic mass is 16.7. The van der Waals surface area contributed by atoms with Gasteiger partial charge in [-0.2, -0.15) is 0 Å². The summed E-state index contributed by atoms with van der Waals surface area (Å²) in [7, 11) is 0. The summed E-state index contributed by atoms with van der Waals surface area (Å²) in [5, 5.41) is 54.4. The Balaban J connectivity index is 1.82. The second kappa shape index (κ2) is 74.3. The van der Waals surface area contributed by atoms with E-state index in [0.29, 0.717) is 19.4 Å². The molecule has 11 nitrogen and oxygen atoms in total. The van der Waals surface area contributed by atoms with Gasteiger partial charge in [-0.1, -0.05) is 398 Å². The van der Waals surface area contributed by atoms with Crippen LogP contribution in [0, 0.1) is 0 Å². The maximum absolute atomic E-state index is 13.1. The van der Waals surface area contributed by atoms with E-state index < -0.39 is 49.5 Å². The number of hydrogen-bond donors (Lipinski definition) is 6. The van der Waals surface area contributed by atoms with Crippen molar-refractivity contribution >= 4 is 11.9 Å². The van der Waals surface area contributed by atoms with E-state index in [1.807, 2.05) is 6.08 Å². The summed E-state index contributed by atoms with van der Waals surface area (Å²) in [5.41, 5.74) is 0.